The van der Waals surface area contributed by atoms with Gasteiger partial charge in [-0.2, -0.15) is 0 Å². The molecule has 0 radical (unpaired) electrons. The average molecular weight is 190 g/mol. The maximum absolute atomic E-state index is 12.3. The van der Waals surface area contributed by atoms with E-state index < -0.39 is 0 Å². The van der Waals surface area contributed by atoms with E-state index in [1.54, 1.807) is 0 Å². The van der Waals surface area contributed by atoms with Gasteiger partial charge in [-0.3, -0.25) is 4.79 Å². The van der Waals surface area contributed by atoms with Gasteiger partial charge >= 0.3 is 0 Å². The number of fused-ring (bicyclic) bond motifs is 3. The second-order valence-electron chi connectivity index (χ2n) is 5.66. The van der Waals surface area contributed by atoms with Crippen molar-refractivity contribution >= 4 is 5.78 Å². The van der Waals surface area contributed by atoms with Crippen LogP contribution in [0.5, 0.6) is 0 Å². The monoisotopic (exact) mass is 190 g/mol. The zero-order valence-corrected chi connectivity index (χ0v) is 9.26. The van der Waals surface area contributed by atoms with Crippen molar-refractivity contribution in [2.45, 2.75) is 40.0 Å². The van der Waals surface area contributed by atoms with E-state index in [0.717, 1.165) is 12.8 Å². The molecule has 0 aliphatic heterocycles. The first-order valence-corrected chi connectivity index (χ1v) is 5.44. The van der Waals surface area contributed by atoms with Gasteiger partial charge < -0.3 is 0 Å². The molecule has 14 heavy (non-hydrogen) atoms. The molecule has 0 amide bonds. The Bertz CT molecular complexity index is 321. The van der Waals surface area contributed by atoms with Crippen LogP contribution >= 0.6 is 0 Å². The maximum Gasteiger partial charge on any atom is 0.145 e. The number of rotatable bonds is 0. The van der Waals surface area contributed by atoms with E-state index >= 15 is 0 Å². The lowest BCUT2D eigenvalue weighted by atomic mass is 9.47. The summed E-state index contributed by atoms with van der Waals surface area (Å²) < 4.78 is 0. The molecule has 3 atom stereocenters. The molecule has 0 saturated heterocycles. The number of ketones is 1. The van der Waals surface area contributed by atoms with E-state index in [1.807, 2.05) is 0 Å². The Morgan fingerprint density at radius 2 is 2.07 bits per heavy atom. The highest BCUT2D eigenvalue weighted by molar-refractivity contribution is 5.92. The number of hydrogen-bond acceptors (Lipinski definition) is 1. The molecule has 3 aliphatic rings. The van der Waals surface area contributed by atoms with Crippen LogP contribution in [0, 0.1) is 35.0 Å². The molecule has 3 fully saturated rings. The van der Waals surface area contributed by atoms with Crippen LogP contribution in [-0.4, -0.2) is 5.78 Å². The molecule has 0 heterocycles. The summed E-state index contributed by atoms with van der Waals surface area (Å²) in [4.78, 5) is 12.3. The van der Waals surface area contributed by atoms with Crippen molar-refractivity contribution in [3.8, 4) is 12.3 Å². The molecule has 2 bridgehead atoms. The summed E-state index contributed by atoms with van der Waals surface area (Å²) in [5, 5.41) is 0. The van der Waals surface area contributed by atoms with Gasteiger partial charge in [0.2, 0.25) is 0 Å². The van der Waals surface area contributed by atoms with Crippen LogP contribution in [0.15, 0.2) is 0 Å². The number of carbonyl (C=O) groups excluding carboxylic acids is 1. The highest BCUT2D eigenvalue weighted by Crippen LogP contribution is 2.58. The van der Waals surface area contributed by atoms with Gasteiger partial charge in [0, 0.05) is 16.7 Å². The lowest BCUT2D eigenvalue weighted by Gasteiger charge is -2.55. The summed E-state index contributed by atoms with van der Waals surface area (Å²) in [6, 6.07) is 0. The van der Waals surface area contributed by atoms with E-state index in [0.29, 0.717) is 11.7 Å². The third kappa shape index (κ3) is 0.947. The van der Waals surface area contributed by atoms with Gasteiger partial charge in [0.15, 0.2) is 0 Å². The molecule has 3 aliphatic carbocycles. The molecule has 3 unspecified atom stereocenters. The Morgan fingerprint density at radius 1 is 1.43 bits per heavy atom. The Balaban J connectivity index is 2.45. The highest BCUT2D eigenvalue weighted by atomic mass is 16.1. The lowest BCUT2D eigenvalue weighted by molar-refractivity contribution is -0.157. The number of Topliss-reactive ketones (excluding diaryl/α,β-unsaturated/α-hetero) is 1. The molecule has 3 rings (SSSR count). The first kappa shape index (κ1) is 9.77. The largest absolute Gasteiger partial charge is 0.298 e. The third-order valence-corrected chi connectivity index (χ3v) is 4.63. The van der Waals surface area contributed by atoms with Gasteiger partial charge in [-0.15, -0.1) is 12.3 Å². The van der Waals surface area contributed by atoms with Crippen molar-refractivity contribution in [2.24, 2.45) is 22.7 Å². The quantitative estimate of drug-likeness (QED) is 0.537. The maximum atomic E-state index is 12.3. The van der Waals surface area contributed by atoms with E-state index in [9.17, 15) is 4.79 Å². The topological polar surface area (TPSA) is 17.1 Å². The summed E-state index contributed by atoms with van der Waals surface area (Å²) in [6.07, 6.45) is 8.74. The molecule has 1 heteroatoms. The minimum atomic E-state index is -0.229. The zero-order valence-electron chi connectivity index (χ0n) is 9.26. The molecular formula is C13H18O. The minimum absolute atomic E-state index is 0.139. The van der Waals surface area contributed by atoms with Gasteiger partial charge in [-0.1, -0.05) is 20.8 Å². The van der Waals surface area contributed by atoms with Crippen molar-refractivity contribution in [1.29, 1.82) is 0 Å². The summed E-state index contributed by atoms with van der Waals surface area (Å²) in [5.74, 6) is 3.92. The van der Waals surface area contributed by atoms with Gasteiger partial charge in [-0.05, 0) is 25.2 Å². The number of hydrogen-bond donors (Lipinski definition) is 0. The van der Waals surface area contributed by atoms with Crippen LogP contribution in [0.25, 0.3) is 0 Å². The first-order chi connectivity index (χ1) is 6.43. The highest BCUT2D eigenvalue weighted by Gasteiger charge is 2.58. The van der Waals surface area contributed by atoms with Crippen molar-refractivity contribution in [2.75, 3.05) is 0 Å². The fraction of sp³-hybridized carbons (Fsp3) is 0.769. The van der Waals surface area contributed by atoms with Crippen molar-refractivity contribution in [1.82, 2.24) is 0 Å². The van der Waals surface area contributed by atoms with Gasteiger partial charge in [0.1, 0.15) is 5.78 Å². The van der Waals surface area contributed by atoms with Crippen LogP contribution in [0.3, 0.4) is 0 Å². The average Bonchev–Trinajstić information content (AvgIpc) is 2.14. The minimum Gasteiger partial charge on any atom is -0.298 e. The van der Waals surface area contributed by atoms with Gasteiger partial charge in [0.05, 0.1) is 0 Å². The summed E-state index contributed by atoms with van der Waals surface area (Å²) in [6.45, 7) is 6.24. The molecule has 1 nitrogen and oxygen atoms in total. The van der Waals surface area contributed by atoms with Crippen LogP contribution < -0.4 is 0 Å². The van der Waals surface area contributed by atoms with E-state index in [-0.39, 0.29) is 16.7 Å². The second kappa shape index (κ2) is 2.63. The Hall–Kier alpha value is -0.770. The van der Waals surface area contributed by atoms with Crippen LogP contribution in [0.4, 0.5) is 0 Å². The lowest BCUT2D eigenvalue weighted by Crippen LogP contribution is -2.56. The molecule has 0 aromatic rings. The van der Waals surface area contributed by atoms with Gasteiger partial charge in [-0.25, -0.2) is 0 Å². The Morgan fingerprint density at radius 3 is 2.64 bits per heavy atom. The van der Waals surface area contributed by atoms with Crippen LogP contribution in [-0.2, 0) is 4.79 Å². The molecule has 0 aromatic heterocycles. The second-order valence-corrected chi connectivity index (χ2v) is 5.66. The van der Waals surface area contributed by atoms with E-state index in [4.69, 9.17) is 6.42 Å². The summed E-state index contributed by atoms with van der Waals surface area (Å²) in [5.41, 5.74) is -0.368. The fourth-order valence-corrected chi connectivity index (χ4v) is 3.41. The predicted octanol–water partition coefficient (Wildman–Crippen LogP) is 2.65. The van der Waals surface area contributed by atoms with Crippen molar-refractivity contribution < 1.29 is 4.79 Å². The summed E-state index contributed by atoms with van der Waals surface area (Å²) in [7, 11) is 0. The molecule has 3 saturated carbocycles. The standard InChI is InChI=1S/C13H18O/c1-5-9-8-10-6-7-13(9,4)11(14)12(10,2)3/h1,9-10H,6-8H2,2-4H3. The van der Waals surface area contributed by atoms with Crippen molar-refractivity contribution in [3.63, 3.8) is 0 Å². The Labute approximate surface area is 86.3 Å². The smallest absolute Gasteiger partial charge is 0.145 e. The molecule has 76 valence electrons. The molecule has 0 N–H and O–H groups in total. The number of terminal acetylenes is 1. The molecular weight excluding hydrogens is 172 g/mol. The SMILES string of the molecule is C#CC1CC2CCC1(C)C(=O)C2(C)C. The normalized spacial score (nSPS) is 44.9. The predicted molar refractivity (Wildman–Crippen MR) is 56.6 cm³/mol. The van der Waals surface area contributed by atoms with Crippen LogP contribution in [0.1, 0.15) is 40.0 Å². The van der Waals surface area contributed by atoms with Crippen LogP contribution in [0.2, 0.25) is 0 Å². The third-order valence-electron chi connectivity index (χ3n) is 4.63. The summed E-state index contributed by atoms with van der Waals surface area (Å²) >= 11 is 0. The van der Waals surface area contributed by atoms with Crippen molar-refractivity contribution in [3.05, 3.63) is 0 Å². The number of carbonyl (C=O) groups is 1. The zero-order chi connectivity index (χ0) is 10.6. The first-order valence-electron chi connectivity index (χ1n) is 5.44. The molecule has 0 spiro atoms. The van der Waals surface area contributed by atoms with E-state index in [1.165, 1.54) is 6.42 Å². The Kier molecular flexibility index (Phi) is 1.83. The molecule has 0 aromatic carbocycles. The fourth-order valence-electron chi connectivity index (χ4n) is 3.41. The van der Waals surface area contributed by atoms with E-state index in [2.05, 4.69) is 26.7 Å². The van der Waals surface area contributed by atoms with Gasteiger partial charge in [0.25, 0.3) is 0 Å².